The van der Waals surface area contributed by atoms with Gasteiger partial charge in [0.15, 0.2) is 11.5 Å². The molecule has 1 aliphatic rings. The zero-order valence-electron chi connectivity index (χ0n) is 19.0. The Hall–Kier alpha value is -3.27. The minimum atomic E-state index is -4.06. The van der Waals surface area contributed by atoms with Gasteiger partial charge in [-0.2, -0.15) is 4.72 Å². The van der Waals surface area contributed by atoms with Crippen molar-refractivity contribution in [2.24, 2.45) is 0 Å². The van der Waals surface area contributed by atoms with E-state index in [1.807, 2.05) is 36.4 Å². The maximum Gasteiger partial charge on any atom is 0.241 e. The third-order valence-corrected chi connectivity index (χ3v) is 7.08. The van der Waals surface area contributed by atoms with E-state index in [1.165, 1.54) is 18.2 Å². The number of halogens is 1. The fourth-order valence-electron chi connectivity index (χ4n) is 3.58. The monoisotopic (exact) mass is 516 g/mol. The normalized spacial score (nSPS) is 13.3. The minimum Gasteiger partial charge on any atom is -0.492 e. The van der Waals surface area contributed by atoms with Crippen molar-refractivity contribution < 1.29 is 27.4 Å². The molecule has 1 atom stereocenters. The molecule has 1 amide bonds. The lowest BCUT2D eigenvalue weighted by Gasteiger charge is -2.19. The molecule has 0 aliphatic carbocycles. The Morgan fingerprint density at radius 3 is 2.54 bits per heavy atom. The largest absolute Gasteiger partial charge is 0.492 e. The first kappa shape index (κ1) is 24.8. The second-order valence-corrected chi connectivity index (χ2v) is 9.92. The van der Waals surface area contributed by atoms with E-state index < -0.39 is 22.0 Å². The van der Waals surface area contributed by atoms with Gasteiger partial charge in [0, 0.05) is 6.54 Å². The van der Waals surface area contributed by atoms with Crippen LogP contribution in [0.25, 0.3) is 0 Å². The van der Waals surface area contributed by atoms with Gasteiger partial charge in [0.25, 0.3) is 0 Å². The van der Waals surface area contributed by atoms with E-state index in [4.69, 9.17) is 25.8 Å². The van der Waals surface area contributed by atoms with E-state index in [0.717, 1.165) is 11.1 Å². The summed E-state index contributed by atoms with van der Waals surface area (Å²) in [5.74, 6) is 1.16. The number of hydrogen-bond donors (Lipinski definition) is 2. The number of hydrogen-bond acceptors (Lipinski definition) is 6. The molecule has 0 fully saturated rings. The molecule has 1 heterocycles. The van der Waals surface area contributed by atoms with Gasteiger partial charge in [0.2, 0.25) is 22.7 Å². The summed E-state index contributed by atoms with van der Waals surface area (Å²) in [6.45, 7) is 2.55. The van der Waals surface area contributed by atoms with Gasteiger partial charge in [0.05, 0.1) is 16.5 Å². The molecule has 0 bridgehead atoms. The van der Waals surface area contributed by atoms with Crippen molar-refractivity contribution in [1.82, 2.24) is 10.0 Å². The SMILES string of the molecule is CCOc1ccc(S(=O)(=O)N[C@@H](Cc2ccccc2)C(=O)NCc2ccc3c(c2)OCO3)cc1Cl. The second-order valence-electron chi connectivity index (χ2n) is 7.79. The van der Waals surface area contributed by atoms with Crippen molar-refractivity contribution in [2.45, 2.75) is 30.8 Å². The fraction of sp³-hybridized carbons (Fsp3) is 0.240. The Balaban J connectivity index is 1.51. The van der Waals surface area contributed by atoms with Gasteiger partial charge in [0.1, 0.15) is 11.8 Å². The molecule has 4 rings (SSSR count). The summed E-state index contributed by atoms with van der Waals surface area (Å²) in [5, 5.41) is 2.98. The standard InChI is InChI=1S/C25H25ClN2O6S/c1-2-32-22-11-9-19(14-20(22)26)35(30,31)28-21(12-17-6-4-3-5-7-17)25(29)27-15-18-8-10-23-24(13-18)34-16-33-23/h3-11,13-14,21,28H,2,12,15-16H2,1H3,(H,27,29)/t21-/m0/s1. The van der Waals surface area contributed by atoms with Crippen molar-refractivity contribution in [1.29, 1.82) is 0 Å². The number of nitrogens with one attached hydrogen (secondary N) is 2. The van der Waals surface area contributed by atoms with Crippen LogP contribution in [0.3, 0.4) is 0 Å². The van der Waals surface area contributed by atoms with Gasteiger partial charge in [-0.1, -0.05) is 48.0 Å². The Kier molecular flexibility index (Phi) is 7.80. The van der Waals surface area contributed by atoms with Crippen LogP contribution in [-0.4, -0.2) is 33.8 Å². The number of fused-ring (bicyclic) bond motifs is 1. The Morgan fingerprint density at radius 1 is 1.03 bits per heavy atom. The summed E-state index contributed by atoms with van der Waals surface area (Å²) >= 11 is 6.19. The molecular weight excluding hydrogens is 492 g/mol. The van der Waals surface area contributed by atoms with Crippen molar-refractivity contribution >= 4 is 27.5 Å². The van der Waals surface area contributed by atoms with E-state index in [1.54, 1.807) is 19.1 Å². The number of ether oxygens (including phenoxy) is 3. The third-order valence-electron chi connectivity index (χ3n) is 5.31. The van der Waals surface area contributed by atoms with Crippen LogP contribution in [0, 0.1) is 0 Å². The summed E-state index contributed by atoms with van der Waals surface area (Å²) in [6, 6.07) is 17.7. The molecule has 2 N–H and O–H groups in total. The number of amides is 1. The first-order valence-corrected chi connectivity index (χ1v) is 12.9. The molecule has 10 heteroatoms. The average Bonchev–Trinajstić information content (AvgIpc) is 3.32. The van der Waals surface area contributed by atoms with Gasteiger partial charge in [-0.15, -0.1) is 0 Å². The van der Waals surface area contributed by atoms with E-state index in [-0.39, 0.29) is 29.7 Å². The molecule has 0 saturated carbocycles. The van der Waals surface area contributed by atoms with Crippen molar-refractivity contribution in [2.75, 3.05) is 13.4 Å². The van der Waals surface area contributed by atoms with E-state index in [2.05, 4.69) is 10.0 Å². The van der Waals surface area contributed by atoms with Crippen LogP contribution in [0.1, 0.15) is 18.1 Å². The fourth-order valence-corrected chi connectivity index (χ4v) is 5.10. The van der Waals surface area contributed by atoms with Crippen LogP contribution in [0.4, 0.5) is 0 Å². The Labute approximate surface area is 209 Å². The predicted molar refractivity (Wildman–Crippen MR) is 131 cm³/mol. The first-order valence-electron chi connectivity index (χ1n) is 11.0. The number of carbonyl (C=O) groups is 1. The molecule has 3 aromatic carbocycles. The quantitative estimate of drug-likeness (QED) is 0.426. The smallest absolute Gasteiger partial charge is 0.241 e. The Bertz CT molecular complexity index is 1300. The number of carbonyl (C=O) groups excluding carboxylic acids is 1. The minimum absolute atomic E-state index is 0.0624. The molecular formula is C25H25ClN2O6S. The molecule has 0 spiro atoms. The van der Waals surface area contributed by atoms with Crippen LogP contribution < -0.4 is 24.2 Å². The highest BCUT2D eigenvalue weighted by Crippen LogP contribution is 2.32. The molecule has 184 valence electrons. The molecule has 0 unspecified atom stereocenters. The van der Waals surface area contributed by atoms with E-state index in [0.29, 0.717) is 23.9 Å². The van der Waals surface area contributed by atoms with Gasteiger partial charge < -0.3 is 19.5 Å². The molecule has 8 nitrogen and oxygen atoms in total. The van der Waals surface area contributed by atoms with Gasteiger partial charge in [-0.3, -0.25) is 4.79 Å². The maximum absolute atomic E-state index is 13.1. The average molecular weight is 517 g/mol. The molecule has 0 radical (unpaired) electrons. The summed E-state index contributed by atoms with van der Waals surface area (Å²) in [7, 11) is -4.06. The second kappa shape index (κ2) is 11.0. The topological polar surface area (TPSA) is 103 Å². The van der Waals surface area contributed by atoms with Gasteiger partial charge >= 0.3 is 0 Å². The highest BCUT2D eigenvalue weighted by Gasteiger charge is 2.27. The number of rotatable bonds is 10. The van der Waals surface area contributed by atoms with Crippen LogP contribution in [0.15, 0.2) is 71.6 Å². The Morgan fingerprint density at radius 2 is 1.80 bits per heavy atom. The van der Waals surface area contributed by atoms with Gasteiger partial charge in [-0.05, 0) is 54.8 Å². The molecule has 35 heavy (non-hydrogen) atoms. The third kappa shape index (κ3) is 6.25. The predicted octanol–water partition coefficient (Wildman–Crippen LogP) is 3.67. The van der Waals surface area contributed by atoms with Crippen molar-refractivity contribution in [3.05, 3.63) is 82.9 Å². The molecule has 0 aromatic heterocycles. The number of benzene rings is 3. The molecule has 0 saturated heterocycles. The summed E-state index contributed by atoms with van der Waals surface area (Å²) in [6.07, 6.45) is 0.164. The summed E-state index contributed by atoms with van der Waals surface area (Å²) < 4.78 is 44.9. The highest BCUT2D eigenvalue weighted by atomic mass is 35.5. The van der Waals surface area contributed by atoms with Crippen LogP contribution in [-0.2, 0) is 27.8 Å². The van der Waals surface area contributed by atoms with Crippen LogP contribution >= 0.6 is 11.6 Å². The maximum atomic E-state index is 13.1. The van der Waals surface area contributed by atoms with Crippen molar-refractivity contribution in [3.8, 4) is 17.2 Å². The van der Waals surface area contributed by atoms with Crippen LogP contribution in [0.5, 0.6) is 17.2 Å². The first-order chi connectivity index (χ1) is 16.9. The molecule has 1 aliphatic heterocycles. The zero-order valence-corrected chi connectivity index (χ0v) is 20.6. The summed E-state index contributed by atoms with van der Waals surface area (Å²) in [4.78, 5) is 13.1. The lowest BCUT2D eigenvalue weighted by atomic mass is 10.1. The van der Waals surface area contributed by atoms with Gasteiger partial charge in [-0.25, -0.2) is 8.42 Å². The zero-order chi connectivity index (χ0) is 24.8. The highest BCUT2D eigenvalue weighted by molar-refractivity contribution is 7.89. The number of sulfonamides is 1. The van der Waals surface area contributed by atoms with Crippen LogP contribution in [0.2, 0.25) is 5.02 Å². The molecule has 3 aromatic rings. The lowest BCUT2D eigenvalue weighted by Crippen LogP contribution is -2.47. The van der Waals surface area contributed by atoms with E-state index in [9.17, 15) is 13.2 Å². The summed E-state index contributed by atoms with van der Waals surface area (Å²) in [5.41, 5.74) is 1.60. The lowest BCUT2D eigenvalue weighted by molar-refractivity contribution is -0.122. The van der Waals surface area contributed by atoms with E-state index >= 15 is 0 Å². The van der Waals surface area contributed by atoms with Crippen molar-refractivity contribution in [3.63, 3.8) is 0 Å².